The maximum atomic E-state index is 14.6. The molecule has 2 unspecified atom stereocenters. The number of carbonyl (C=O) groups is 2. The first-order valence-corrected chi connectivity index (χ1v) is 8.90. The molecule has 2 saturated heterocycles. The first-order chi connectivity index (χ1) is 12.4. The lowest BCUT2D eigenvalue weighted by Crippen LogP contribution is -2.51. The quantitative estimate of drug-likeness (QED) is 0.623. The summed E-state index contributed by atoms with van der Waals surface area (Å²) in [5.74, 6) is -1.26. The molecular formula is C18H24FN3O4. The molecule has 2 fully saturated rings. The van der Waals surface area contributed by atoms with E-state index in [9.17, 15) is 19.1 Å². The SMILES string of the molecule is O=C(O)CN1CCC(c2ccc(NC3CCC(=O)NC3O)cc2F)CC1. The number of aliphatic carboxylic acids is 1. The second-order valence-corrected chi connectivity index (χ2v) is 6.98. The van der Waals surface area contributed by atoms with Gasteiger partial charge < -0.3 is 20.8 Å². The molecule has 7 nitrogen and oxygen atoms in total. The second kappa shape index (κ2) is 8.01. The maximum Gasteiger partial charge on any atom is 0.317 e. The molecule has 2 aliphatic rings. The lowest BCUT2D eigenvalue weighted by atomic mass is 9.89. The normalized spacial score (nSPS) is 24.9. The maximum absolute atomic E-state index is 14.6. The first kappa shape index (κ1) is 18.6. The van der Waals surface area contributed by atoms with E-state index in [1.54, 1.807) is 12.1 Å². The van der Waals surface area contributed by atoms with Crippen LogP contribution in [0.5, 0.6) is 0 Å². The van der Waals surface area contributed by atoms with Crippen molar-refractivity contribution < 1.29 is 24.2 Å². The Labute approximate surface area is 151 Å². The van der Waals surface area contributed by atoms with Crippen LogP contribution >= 0.6 is 0 Å². The lowest BCUT2D eigenvalue weighted by Gasteiger charge is -2.32. The van der Waals surface area contributed by atoms with Crippen molar-refractivity contribution in [3.05, 3.63) is 29.6 Å². The zero-order valence-corrected chi connectivity index (χ0v) is 14.4. The molecule has 1 aromatic carbocycles. The largest absolute Gasteiger partial charge is 0.480 e. The van der Waals surface area contributed by atoms with Gasteiger partial charge in [0.15, 0.2) is 0 Å². The summed E-state index contributed by atoms with van der Waals surface area (Å²) in [6, 6.07) is 4.60. The number of nitrogens with one attached hydrogen (secondary N) is 2. The van der Waals surface area contributed by atoms with Crippen LogP contribution in [0.15, 0.2) is 18.2 Å². The van der Waals surface area contributed by atoms with E-state index >= 15 is 0 Å². The number of aliphatic hydroxyl groups excluding tert-OH is 1. The Bertz CT molecular complexity index is 676. The summed E-state index contributed by atoms with van der Waals surface area (Å²) in [5, 5.41) is 24.3. The molecule has 1 aromatic rings. The highest BCUT2D eigenvalue weighted by atomic mass is 19.1. The minimum absolute atomic E-state index is 0.0261. The van der Waals surface area contributed by atoms with Gasteiger partial charge >= 0.3 is 5.97 Å². The van der Waals surface area contributed by atoms with Gasteiger partial charge in [0.1, 0.15) is 12.0 Å². The van der Waals surface area contributed by atoms with Gasteiger partial charge in [0, 0.05) is 12.1 Å². The number of carboxylic acid groups (broad SMARTS) is 1. The minimum Gasteiger partial charge on any atom is -0.480 e. The minimum atomic E-state index is -0.988. The molecule has 2 heterocycles. The van der Waals surface area contributed by atoms with Crippen molar-refractivity contribution in [1.29, 1.82) is 0 Å². The number of piperidine rings is 2. The summed E-state index contributed by atoms with van der Waals surface area (Å²) < 4.78 is 14.6. The molecular weight excluding hydrogens is 341 g/mol. The van der Waals surface area contributed by atoms with Crippen LogP contribution < -0.4 is 10.6 Å². The van der Waals surface area contributed by atoms with Gasteiger partial charge in [-0.25, -0.2) is 4.39 Å². The second-order valence-electron chi connectivity index (χ2n) is 6.98. The Hall–Kier alpha value is -2.19. The van der Waals surface area contributed by atoms with Gasteiger partial charge in [-0.3, -0.25) is 14.5 Å². The molecule has 142 valence electrons. The van der Waals surface area contributed by atoms with Crippen LogP contribution in [0.4, 0.5) is 10.1 Å². The number of hydrogen-bond acceptors (Lipinski definition) is 5. The Balaban J connectivity index is 1.59. The number of nitrogens with zero attached hydrogens (tertiary/aromatic N) is 1. The number of rotatable bonds is 5. The predicted octanol–water partition coefficient (Wildman–Crippen LogP) is 1.10. The van der Waals surface area contributed by atoms with E-state index in [2.05, 4.69) is 10.6 Å². The van der Waals surface area contributed by atoms with Crippen LogP contribution in [0, 0.1) is 5.82 Å². The third-order valence-electron chi connectivity index (χ3n) is 5.11. The van der Waals surface area contributed by atoms with Crippen molar-refractivity contribution in [3.8, 4) is 0 Å². The van der Waals surface area contributed by atoms with Gasteiger partial charge in [0.2, 0.25) is 5.91 Å². The number of halogens is 1. The third kappa shape index (κ3) is 4.50. The number of benzene rings is 1. The van der Waals surface area contributed by atoms with E-state index in [1.807, 2.05) is 4.90 Å². The van der Waals surface area contributed by atoms with E-state index in [4.69, 9.17) is 5.11 Å². The molecule has 0 bridgehead atoms. The van der Waals surface area contributed by atoms with Gasteiger partial charge in [-0.15, -0.1) is 0 Å². The summed E-state index contributed by atoms with van der Waals surface area (Å²) in [7, 11) is 0. The van der Waals surface area contributed by atoms with Crippen LogP contribution in [0.2, 0.25) is 0 Å². The standard InChI is InChI=1S/C18H24FN3O4/c19-14-9-12(20-15-3-4-16(23)21-18(15)26)1-2-13(14)11-5-7-22(8-6-11)10-17(24)25/h1-2,9,11,15,18,20,26H,3-8,10H2,(H,21,23)(H,24,25). The number of hydrogen-bond donors (Lipinski definition) is 4. The molecule has 4 N–H and O–H groups in total. The third-order valence-corrected chi connectivity index (χ3v) is 5.11. The number of carboxylic acids is 1. The zero-order valence-electron chi connectivity index (χ0n) is 14.4. The zero-order chi connectivity index (χ0) is 18.7. The Morgan fingerprint density at radius 3 is 2.65 bits per heavy atom. The Morgan fingerprint density at radius 2 is 2.04 bits per heavy atom. The van der Waals surface area contributed by atoms with E-state index < -0.39 is 12.2 Å². The molecule has 0 aliphatic carbocycles. The van der Waals surface area contributed by atoms with Crippen LogP contribution in [-0.2, 0) is 9.59 Å². The number of likely N-dealkylation sites (tertiary alicyclic amines) is 1. The van der Waals surface area contributed by atoms with Crippen molar-refractivity contribution >= 4 is 17.6 Å². The van der Waals surface area contributed by atoms with Gasteiger partial charge in [-0.1, -0.05) is 6.07 Å². The summed E-state index contributed by atoms with van der Waals surface area (Å²) >= 11 is 0. The summed E-state index contributed by atoms with van der Waals surface area (Å²) in [6.45, 7) is 1.31. The average Bonchev–Trinajstić information content (AvgIpc) is 2.58. The summed E-state index contributed by atoms with van der Waals surface area (Å²) in [5.41, 5.74) is 1.21. The van der Waals surface area contributed by atoms with Crippen molar-refractivity contribution in [3.63, 3.8) is 0 Å². The van der Waals surface area contributed by atoms with Gasteiger partial charge in [-0.05, 0) is 56.0 Å². The van der Waals surface area contributed by atoms with Crippen LogP contribution in [0.25, 0.3) is 0 Å². The molecule has 0 saturated carbocycles. The van der Waals surface area contributed by atoms with Crippen molar-refractivity contribution in [2.24, 2.45) is 0 Å². The van der Waals surface area contributed by atoms with E-state index in [-0.39, 0.29) is 30.2 Å². The fraction of sp³-hybridized carbons (Fsp3) is 0.556. The number of carbonyl (C=O) groups excluding carboxylic acids is 1. The van der Waals surface area contributed by atoms with E-state index in [0.29, 0.717) is 37.2 Å². The van der Waals surface area contributed by atoms with E-state index in [1.165, 1.54) is 6.07 Å². The molecule has 2 atom stereocenters. The number of anilines is 1. The van der Waals surface area contributed by atoms with Crippen molar-refractivity contribution in [2.45, 2.75) is 43.9 Å². The average molecular weight is 365 g/mol. The number of amides is 1. The van der Waals surface area contributed by atoms with Gasteiger partial charge in [0.25, 0.3) is 0 Å². The first-order valence-electron chi connectivity index (χ1n) is 8.90. The summed E-state index contributed by atoms with van der Waals surface area (Å²) in [4.78, 5) is 23.9. The molecule has 0 spiro atoms. The molecule has 1 amide bonds. The predicted molar refractivity (Wildman–Crippen MR) is 93.2 cm³/mol. The Morgan fingerprint density at radius 1 is 1.31 bits per heavy atom. The van der Waals surface area contributed by atoms with Crippen molar-refractivity contribution in [1.82, 2.24) is 10.2 Å². The molecule has 2 aliphatic heterocycles. The van der Waals surface area contributed by atoms with Crippen LogP contribution in [-0.4, -0.2) is 58.9 Å². The highest BCUT2D eigenvalue weighted by molar-refractivity contribution is 5.77. The molecule has 26 heavy (non-hydrogen) atoms. The Kier molecular flexibility index (Phi) is 5.73. The fourth-order valence-corrected chi connectivity index (χ4v) is 3.69. The lowest BCUT2D eigenvalue weighted by molar-refractivity contribution is -0.138. The summed E-state index contributed by atoms with van der Waals surface area (Å²) in [6.07, 6.45) is 1.27. The van der Waals surface area contributed by atoms with Crippen LogP contribution in [0.3, 0.4) is 0 Å². The van der Waals surface area contributed by atoms with E-state index in [0.717, 1.165) is 12.8 Å². The molecule has 8 heteroatoms. The molecule has 3 rings (SSSR count). The van der Waals surface area contributed by atoms with Gasteiger partial charge in [0.05, 0.1) is 12.6 Å². The van der Waals surface area contributed by atoms with Crippen molar-refractivity contribution in [2.75, 3.05) is 25.0 Å². The molecule has 0 radical (unpaired) electrons. The topological polar surface area (TPSA) is 102 Å². The molecule has 0 aromatic heterocycles. The highest BCUT2D eigenvalue weighted by Crippen LogP contribution is 2.31. The number of aliphatic hydroxyl groups is 1. The smallest absolute Gasteiger partial charge is 0.317 e. The van der Waals surface area contributed by atoms with Gasteiger partial charge in [-0.2, -0.15) is 0 Å². The van der Waals surface area contributed by atoms with Crippen LogP contribution in [0.1, 0.15) is 37.2 Å². The highest BCUT2D eigenvalue weighted by Gasteiger charge is 2.27. The monoisotopic (exact) mass is 365 g/mol. The fourth-order valence-electron chi connectivity index (χ4n) is 3.69.